The molecule has 0 bridgehead atoms. The predicted octanol–water partition coefficient (Wildman–Crippen LogP) is 3.64. The first-order chi connectivity index (χ1) is 11.6. The number of rotatable bonds is 5. The number of hydrogen-bond acceptors (Lipinski definition) is 3. The Labute approximate surface area is 145 Å². The van der Waals surface area contributed by atoms with E-state index < -0.39 is 38.7 Å². The first kappa shape index (κ1) is 19.1. The largest absolute Gasteiger partial charge is 0.345 e. The Bertz CT molecular complexity index is 895. The molecule has 0 spiro atoms. The Hall–Kier alpha value is -2.28. The van der Waals surface area contributed by atoms with Gasteiger partial charge in [0.25, 0.3) is 5.91 Å². The normalized spacial score (nSPS) is 12.9. The van der Waals surface area contributed by atoms with Gasteiger partial charge in [0, 0.05) is 0 Å². The highest BCUT2D eigenvalue weighted by Crippen LogP contribution is 2.22. The maximum atomic E-state index is 13.3. The molecule has 0 aliphatic rings. The molecule has 0 aromatic heterocycles. The highest BCUT2D eigenvalue weighted by Gasteiger charge is 2.25. The average Bonchev–Trinajstić information content (AvgIpc) is 2.57. The molecule has 2 aromatic rings. The van der Waals surface area contributed by atoms with Crippen LogP contribution in [0.25, 0.3) is 0 Å². The van der Waals surface area contributed by atoms with Crippen LogP contribution < -0.4 is 5.32 Å². The van der Waals surface area contributed by atoms with Crippen molar-refractivity contribution in [1.82, 2.24) is 5.32 Å². The molecule has 0 saturated carbocycles. The third kappa shape index (κ3) is 4.04. The number of carbonyl (C=O) groups is 1. The van der Waals surface area contributed by atoms with Gasteiger partial charge in [-0.05, 0) is 50.6 Å². The van der Waals surface area contributed by atoms with Gasteiger partial charge in [-0.15, -0.1) is 0 Å². The van der Waals surface area contributed by atoms with Crippen molar-refractivity contribution in [2.45, 2.75) is 37.0 Å². The lowest BCUT2D eigenvalue weighted by Crippen LogP contribution is -2.29. The van der Waals surface area contributed by atoms with E-state index in [0.717, 1.165) is 12.1 Å². The summed E-state index contributed by atoms with van der Waals surface area (Å²) in [4.78, 5) is 12.5. The number of amides is 1. The number of hydrogen-bond donors (Lipinski definition) is 1. The van der Waals surface area contributed by atoms with Crippen molar-refractivity contribution in [3.8, 4) is 0 Å². The highest BCUT2D eigenvalue weighted by atomic mass is 32.2. The summed E-state index contributed by atoms with van der Waals surface area (Å²) in [6, 6.07) is 8.62. The smallest absolute Gasteiger partial charge is 0.253 e. The molecular formula is C18H19F2NO3S. The fourth-order valence-corrected chi connectivity index (χ4v) is 3.54. The molecule has 7 heteroatoms. The third-order valence-corrected chi connectivity index (χ3v) is 6.06. The van der Waals surface area contributed by atoms with Gasteiger partial charge in [-0.2, -0.15) is 0 Å². The van der Waals surface area contributed by atoms with E-state index in [1.165, 1.54) is 32.0 Å². The minimum absolute atomic E-state index is 0.0191. The van der Waals surface area contributed by atoms with Crippen molar-refractivity contribution in [1.29, 1.82) is 0 Å². The minimum atomic E-state index is -3.64. The lowest BCUT2D eigenvalue weighted by Gasteiger charge is -2.17. The van der Waals surface area contributed by atoms with Crippen molar-refractivity contribution in [3.05, 3.63) is 65.2 Å². The monoisotopic (exact) mass is 367 g/mol. The molecule has 0 aliphatic heterocycles. The Kier molecular flexibility index (Phi) is 5.57. The van der Waals surface area contributed by atoms with Crippen LogP contribution >= 0.6 is 0 Å². The summed E-state index contributed by atoms with van der Waals surface area (Å²) >= 11 is 0. The summed E-state index contributed by atoms with van der Waals surface area (Å²) in [5.41, 5.74) is 0.391. The van der Waals surface area contributed by atoms with Crippen LogP contribution in [-0.4, -0.2) is 19.6 Å². The van der Waals surface area contributed by atoms with E-state index in [1.807, 2.05) is 0 Å². The maximum Gasteiger partial charge on any atom is 0.253 e. The third-order valence-electron chi connectivity index (χ3n) is 3.85. The summed E-state index contributed by atoms with van der Waals surface area (Å²) in [6.45, 7) is 4.67. The van der Waals surface area contributed by atoms with Crippen LogP contribution in [0, 0.1) is 11.6 Å². The van der Waals surface area contributed by atoms with E-state index in [9.17, 15) is 22.0 Å². The van der Waals surface area contributed by atoms with Gasteiger partial charge in [0.2, 0.25) is 0 Å². The molecule has 1 unspecified atom stereocenters. The number of halogens is 2. The molecule has 0 fully saturated rings. The van der Waals surface area contributed by atoms with Gasteiger partial charge in [-0.3, -0.25) is 4.79 Å². The summed E-state index contributed by atoms with van der Waals surface area (Å²) < 4.78 is 51.2. The first-order valence-electron chi connectivity index (χ1n) is 7.73. The molecule has 25 heavy (non-hydrogen) atoms. The van der Waals surface area contributed by atoms with Gasteiger partial charge in [0.1, 0.15) is 0 Å². The molecule has 2 aromatic carbocycles. The zero-order valence-electron chi connectivity index (χ0n) is 14.1. The Balaban J connectivity index is 2.31. The Morgan fingerprint density at radius 3 is 2.24 bits per heavy atom. The number of benzene rings is 2. The number of carbonyl (C=O) groups excluding carboxylic acids is 1. The number of sulfone groups is 1. The second-order valence-corrected chi connectivity index (χ2v) is 8.43. The van der Waals surface area contributed by atoms with Crippen molar-refractivity contribution >= 4 is 15.7 Å². The first-order valence-corrected chi connectivity index (χ1v) is 9.28. The van der Waals surface area contributed by atoms with E-state index in [4.69, 9.17) is 0 Å². The van der Waals surface area contributed by atoms with Crippen molar-refractivity contribution in [2.75, 3.05) is 0 Å². The molecule has 1 N–H and O–H groups in total. The molecule has 134 valence electrons. The van der Waals surface area contributed by atoms with Crippen molar-refractivity contribution < 1.29 is 22.0 Å². The van der Waals surface area contributed by atoms with Crippen LogP contribution in [0.3, 0.4) is 0 Å². The van der Waals surface area contributed by atoms with Crippen LogP contribution in [0.5, 0.6) is 0 Å². The van der Waals surface area contributed by atoms with Crippen molar-refractivity contribution in [3.63, 3.8) is 0 Å². The van der Waals surface area contributed by atoms with Gasteiger partial charge < -0.3 is 5.32 Å². The van der Waals surface area contributed by atoms with Crippen LogP contribution in [0.2, 0.25) is 0 Å². The molecule has 0 radical (unpaired) electrons. The molecular weight excluding hydrogens is 348 g/mol. The minimum Gasteiger partial charge on any atom is -0.345 e. The van der Waals surface area contributed by atoms with Gasteiger partial charge in [-0.1, -0.05) is 18.2 Å². The molecule has 0 saturated heterocycles. The van der Waals surface area contributed by atoms with Gasteiger partial charge in [0.15, 0.2) is 21.5 Å². The average molecular weight is 367 g/mol. The molecule has 4 nitrogen and oxygen atoms in total. The second kappa shape index (κ2) is 7.31. The summed E-state index contributed by atoms with van der Waals surface area (Å²) in [7, 11) is -3.64. The number of nitrogens with one attached hydrogen (secondary N) is 1. The standard InChI is InChI=1S/C18H19F2NO3S/c1-11(2)25(23,24)17-7-5-4-6-14(17)18(22)21-12(3)13-8-9-15(19)16(20)10-13/h4-12H,1-3H3,(H,21,22). The lowest BCUT2D eigenvalue weighted by atomic mass is 10.1. The van der Waals surface area contributed by atoms with E-state index >= 15 is 0 Å². The topological polar surface area (TPSA) is 63.2 Å². The molecule has 1 atom stereocenters. The van der Waals surface area contributed by atoms with E-state index in [2.05, 4.69) is 5.32 Å². The van der Waals surface area contributed by atoms with E-state index in [-0.39, 0.29) is 10.5 Å². The van der Waals surface area contributed by atoms with Gasteiger partial charge in [-0.25, -0.2) is 17.2 Å². The summed E-state index contributed by atoms with van der Waals surface area (Å²) in [6.07, 6.45) is 0. The lowest BCUT2D eigenvalue weighted by molar-refractivity contribution is 0.0936. The summed E-state index contributed by atoms with van der Waals surface area (Å²) in [5.74, 6) is -2.59. The van der Waals surface area contributed by atoms with Crippen LogP contribution in [0.4, 0.5) is 8.78 Å². The van der Waals surface area contributed by atoms with Crippen LogP contribution in [-0.2, 0) is 9.84 Å². The van der Waals surface area contributed by atoms with E-state index in [0.29, 0.717) is 5.56 Å². The maximum absolute atomic E-state index is 13.3. The fourth-order valence-electron chi connectivity index (χ4n) is 2.30. The Morgan fingerprint density at radius 2 is 1.64 bits per heavy atom. The molecule has 0 heterocycles. The van der Waals surface area contributed by atoms with Crippen LogP contribution in [0.1, 0.15) is 42.7 Å². The fraction of sp³-hybridized carbons (Fsp3) is 0.278. The zero-order valence-corrected chi connectivity index (χ0v) is 14.9. The van der Waals surface area contributed by atoms with Crippen molar-refractivity contribution in [2.24, 2.45) is 0 Å². The highest BCUT2D eigenvalue weighted by molar-refractivity contribution is 7.92. The van der Waals surface area contributed by atoms with Gasteiger partial charge >= 0.3 is 0 Å². The van der Waals surface area contributed by atoms with E-state index in [1.54, 1.807) is 19.1 Å². The summed E-state index contributed by atoms with van der Waals surface area (Å²) in [5, 5.41) is 1.94. The molecule has 0 aliphatic carbocycles. The quantitative estimate of drug-likeness (QED) is 0.878. The Morgan fingerprint density at radius 1 is 1.00 bits per heavy atom. The second-order valence-electron chi connectivity index (χ2n) is 5.96. The van der Waals surface area contributed by atoms with Gasteiger partial charge in [0.05, 0.1) is 21.8 Å². The predicted molar refractivity (Wildman–Crippen MR) is 91.0 cm³/mol. The zero-order chi connectivity index (χ0) is 18.8. The molecule has 1 amide bonds. The molecule has 2 rings (SSSR count). The SMILES string of the molecule is CC(NC(=O)c1ccccc1S(=O)(=O)C(C)C)c1ccc(F)c(F)c1. The van der Waals surface area contributed by atoms with Crippen LogP contribution in [0.15, 0.2) is 47.4 Å².